The predicted octanol–water partition coefficient (Wildman–Crippen LogP) is 13.6. The number of nitrogens with one attached hydrogen (secondary N) is 1. The fourth-order valence-electron chi connectivity index (χ4n) is 8.79. The van der Waals surface area contributed by atoms with E-state index in [1.165, 1.54) is 128 Å². The van der Waals surface area contributed by atoms with Gasteiger partial charge in [0.15, 0.2) is 6.29 Å². The first-order chi connectivity index (χ1) is 35.7. The van der Waals surface area contributed by atoms with E-state index in [-0.39, 0.29) is 18.5 Å². The molecule has 1 aliphatic rings. The first-order valence-electron chi connectivity index (χ1n) is 29.7. The van der Waals surface area contributed by atoms with Crippen LogP contribution in [0.3, 0.4) is 0 Å². The Balaban J connectivity index is 2.04. The summed E-state index contributed by atoms with van der Waals surface area (Å²) in [6, 6.07) is -0.832. The molecule has 0 aromatic rings. The molecule has 1 aliphatic heterocycles. The van der Waals surface area contributed by atoms with E-state index in [0.29, 0.717) is 19.4 Å². The highest BCUT2D eigenvalue weighted by atomic mass is 16.7. The number of carbonyl (C=O) groups excluding carboxylic acids is 2. The third-order valence-electron chi connectivity index (χ3n) is 13.5. The molecule has 1 rings (SSSR count). The first-order valence-corrected chi connectivity index (χ1v) is 29.7. The van der Waals surface area contributed by atoms with Crippen LogP contribution in [-0.4, -0.2) is 100 Å². The standard InChI is InChI=1S/C62H109NO10/c1-3-5-7-9-11-13-14-15-23-27-30-34-38-42-46-50-58(67)71-51-47-43-39-35-31-28-25-22-20-18-16-17-19-21-24-26-29-33-37-41-45-49-57(66)63-54(55(65)48-44-40-36-32-12-10-8-6-4-2)53-72-62-61(70)60(69)59(68)56(52-64)73-62/h11-13,15,23,28,31-32,39,43-44,48,54-56,59-62,64-65,68-70H,3-10,14,16-22,24-27,29-30,33-38,40-42,45-47,49-53H2,1-2H3,(H,63,66)/b13-11-,23-15-,31-28-,32-12+,43-39-,48-44+. The molecule has 0 aliphatic carbocycles. The zero-order valence-electron chi connectivity index (χ0n) is 46.3. The number of hydrogen-bond acceptors (Lipinski definition) is 10. The van der Waals surface area contributed by atoms with E-state index in [4.69, 9.17) is 14.2 Å². The lowest BCUT2D eigenvalue weighted by Crippen LogP contribution is -2.60. The molecule has 11 heteroatoms. The van der Waals surface area contributed by atoms with Crippen LogP contribution < -0.4 is 5.32 Å². The van der Waals surface area contributed by atoms with E-state index >= 15 is 0 Å². The van der Waals surface area contributed by atoms with Crippen molar-refractivity contribution >= 4 is 11.9 Å². The molecule has 73 heavy (non-hydrogen) atoms. The maximum Gasteiger partial charge on any atom is 0.305 e. The van der Waals surface area contributed by atoms with Gasteiger partial charge in [-0.05, 0) is 96.3 Å². The van der Waals surface area contributed by atoms with Gasteiger partial charge in [0.2, 0.25) is 5.91 Å². The molecule has 7 unspecified atom stereocenters. The molecule has 0 spiro atoms. The van der Waals surface area contributed by atoms with Gasteiger partial charge in [0.25, 0.3) is 0 Å². The van der Waals surface area contributed by atoms with Crippen LogP contribution in [0.2, 0.25) is 0 Å². The van der Waals surface area contributed by atoms with E-state index < -0.39 is 49.5 Å². The van der Waals surface area contributed by atoms with Crippen LogP contribution in [0.4, 0.5) is 0 Å². The number of allylic oxidation sites excluding steroid dienone is 10. The average Bonchev–Trinajstić information content (AvgIpc) is 3.39. The molecule has 11 nitrogen and oxygen atoms in total. The second kappa shape index (κ2) is 51.2. The SMILES string of the molecule is CCCCC/C=C\C/C=C\CCCCCCCC(=O)OCC/C=C\C/C=C\CCCCCCCCCCCCCCCCC(=O)NC(COC1OC(CO)C(O)C(O)C1O)C(O)/C=C/CC/C=C/CCCCC. The van der Waals surface area contributed by atoms with E-state index in [1.54, 1.807) is 6.08 Å². The van der Waals surface area contributed by atoms with Gasteiger partial charge in [0, 0.05) is 12.8 Å². The zero-order valence-corrected chi connectivity index (χ0v) is 46.3. The minimum absolute atomic E-state index is 0.0641. The fourth-order valence-corrected chi connectivity index (χ4v) is 8.79. The molecule has 0 aromatic heterocycles. The van der Waals surface area contributed by atoms with Crippen LogP contribution in [0.5, 0.6) is 0 Å². The third-order valence-corrected chi connectivity index (χ3v) is 13.5. The van der Waals surface area contributed by atoms with Crippen molar-refractivity contribution in [2.75, 3.05) is 19.8 Å². The molecule has 7 atom stereocenters. The predicted molar refractivity (Wildman–Crippen MR) is 301 cm³/mol. The van der Waals surface area contributed by atoms with Gasteiger partial charge in [-0.3, -0.25) is 9.59 Å². The van der Waals surface area contributed by atoms with Crippen LogP contribution in [0, 0.1) is 0 Å². The van der Waals surface area contributed by atoms with Crippen LogP contribution in [0.1, 0.15) is 245 Å². The van der Waals surface area contributed by atoms with Gasteiger partial charge in [-0.2, -0.15) is 0 Å². The van der Waals surface area contributed by atoms with Crippen molar-refractivity contribution in [2.24, 2.45) is 0 Å². The number of hydrogen-bond donors (Lipinski definition) is 6. The highest BCUT2D eigenvalue weighted by Crippen LogP contribution is 2.23. The quantitative estimate of drug-likeness (QED) is 0.0195. The second-order valence-electron chi connectivity index (χ2n) is 20.3. The topological polar surface area (TPSA) is 175 Å². The molecule has 0 radical (unpaired) electrons. The van der Waals surface area contributed by atoms with Gasteiger partial charge in [-0.15, -0.1) is 0 Å². The summed E-state index contributed by atoms with van der Waals surface area (Å²) in [7, 11) is 0. The Morgan fingerprint density at radius 1 is 0.507 bits per heavy atom. The lowest BCUT2D eigenvalue weighted by atomic mass is 9.99. The minimum atomic E-state index is -1.58. The largest absolute Gasteiger partial charge is 0.465 e. The average molecular weight is 1030 g/mol. The highest BCUT2D eigenvalue weighted by Gasteiger charge is 2.44. The van der Waals surface area contributed by atoms with Crippen LogP contribution in [-0.2, 0) is 23.8 Å². The summed E-state index contributed by atoms with van der Waals surface area (Å²) in [5.41, 5.74) is 0. The number of rotatable bonds is 50. The Bertz CT molecular complexity index is 1440. The van der Waals surface area contributed by atoms with Crippen molar-refractivity contribution in [2.45, 2.75) is 288 Å². The Hall–Kier alpha value is -2.90. The molecule has 1 saturated heterocycles. The molecule has 422 valence electrons. The molecular formula is C62H109NO10. The van der Waals surface area contributed by atoms with Crippen molar-refractivity contribution in [1.82, 2.24) is 5.32 Å². The molecule has 1 heterocycles. The van der Waals surface area contributed by atoms with Gasteiger partial charge in [0.1, 0.15) is 24.4 Å². The second-order valence-corrected chi connectivity index (χ2v) is 20.3. The van der Waals surface area contributed by atoms with Crippen LogP contribution >= 0.6 is 0 Å². The van der Waals surface area contributed by atoms with Crippen molar-refractivity contribution in [1.29, 1.82) is 0 Å². The Morgan fingerprint density at radius 3 is 1.44 bits per heavy atom. The summed E-state index contributed by atoms with van der Waals surface area (Å²) in [6.07, 6.45) is 57.4. The smallest absolute Gasteiger partial charge is 0.305 e. The number of unbranched alkanes of at least 4 members (excludes halogenated alkanes) is 26. The molecular weight excluding hydrogens is 919 g/mol. The van der Waals surface area contributed by atoms with Gasteiger partial charge in [0.05, 0.1) is 32.0 Å². The van der Waals surface area contributed by atoms with E-state index in [9.17, 15) is 35.1 Å². The van der Waals surface area contributed by atoms with E-state index in [2.05, 4.69) is 79.9 Å². The number of aliphatic hydroxyl groups excluding tert-OH is 5. The molecule has 0 bridgehead atoms. The molecule has 1 fully saturated rings. The highest BCUT2D eigenvalue weighted by molar-refractivity contribution is 5.76. The Labute approximate surface area is 445 Å². The molecule has 6 N–H and O–H groups in total. The van der Waals surface area contributed by atoms with E-state index in [0.717, 1.165) is 89.9 Å². The number of amides is 1. The number of esters is 1. The summed E-state index contributed by atoms with van der Waals surface area (Å²) in [4.78, 5) is 25.0. The minimum Gasteiger partial charge on any atom is -0.465 e. The zero-order chi connectivity index (χ0) is 53.1. The third kappa shape index (κ3) is 41.0. The maximum absolute atomic E-state index is 13.0. The summed E-state index contributed by atoms with van der Waals surface area (Å²) in [6.45, 7) is 4.12. The van der Waals surface area contributed by atoms with Gasteiger partial charge in [-0.1, -0.05) is 209 Å². The van der Waals surface area contributed by atoms with Gasteiger partial charge >= 0.3 is 5.97 Å². The van der Waals surface area contributed by atoms with Crippen molar-refractivity contribution in [3.8, 4) is 0 Å². The van der Waals surface area contributed by atoms with Crippen LogP contribution in [0.25, 0.3) is 0 Å². The first kappa shape index (κ1) is 68.1. The summed E-state index contributed by atoms with van der Waals surface area (Å²) in [5.74, 6) is -0.265. The van der Waals surface area contributed by atoms with Crippen molar-refractivity contribution in [3.63, 3.8) is 0 Å². The molecule has 0 saturated carbocycles. The summed E-state index contributed by atoms with van der Waals surface area (Å²) < 4.78 is 16.6. The molecule has 1 amide bonds. The van der Waals surface area contributed by atoms with Gasteiger partial charge < -0.3 is 45.1 Å². The van der Waals surface area contributed by atoms with Crippen LogP contribution in [0.15, 0.2) is 72.9 Å². The number of ether oxygens (including phenoxy) is 3. The van der Waals surface area contributed by atoms with Gasteiger partial charge in [-0.25, -0.2) is 0 Å². The van der Waals surface area contributed by atoms with Crippen molar-refractivity contribution < 1.29 is 49.3 Å². The Morgan fingerprint density at radius 2 is 0.932 bits per heavy atom. The lowest BCUT2D eigenvalue weighted by Gasteiger charge is -2.40. The summed E-state index contributed by atoms with van der Waals surface area (Å²) in [5, 5.41) is 54.1. The normalized spacial score (nSPS) is 19.5. The monoisotopic (exact) mass is 1030 g/mol. The summed E-state index contributed by atoms with van der Waals surface area (Å²) >= 11 is 0. The number of carbonyl (C=O) groups is 2. The lowest BCUT2D eigenvalue weighted by molar-refractivity contribution is -0.302. The Kier molecular flexibility index (Phi) is 47.8. The van der Waals surface area contributed by atoms with Crippen molar-refractivity contribution in [3.05, 3.63) is 72.9 Å². The maximum atomic E-state index is 13.0. The molecule has 0 aromatic carbocycles. The fraction of sp³-hybridized carbons (Fsp3) is 0.774. The van der Waals surface area contributed by atoms with E-state index in [1.807, 2.05) is 6.08 Å². The number of aliphatic hydroxyl groups is 5.